The molecule has 1 saturated carbocycles. The van der Waals surface area contributed by atoms with Crippen LogP contribution in [0.3, 0.4) is 0 Å². The van der Waals surface area contributed by atoms with Gasteiger partial charge in [0.1, 0.15) is 17.5 Å². The summed E-state index contributed by atoms with van der Waals surface area (Å²) in [5.74, 6) is 0.0838. The van der Waals surface area contributed by atoms with E-state index in [-0.39, 0.29) is 25.3 Å². The van der Waals surface area contributed by atoms with Crippen LogP contribution in [0.15, 0.2) is 48.5 Å². The molecule has 2 amide bonds. The standard InChI is InChI=1S/C25H29F3N2O5/c26-25(27,28)35-21-8-4-18(5-9-21)16-22(24(33)29-13-1-14-31)30-23(32)19-6-10-20(11-7-19)34-15-12-17-2-3-17/h4-11,17,22,31H,1-3,12-16H2,(H,29,33)(H,30,32). The molecule has 3 N–H and O–H groups in total. The van der Waals surface area contributed by atoms with Crippen LogP contribution in [0.2, 0.25) is 0 Å². The van der Waals surface area contributed by atoms with E-state index in [4.69, 9.17) is 9.84 Å². The zero-order chi connectivity index (χ0) is 25.3. The minimum absolute atomic E-state index is 0.0470. The summed E-state index contributed by atoms with van der Waals surface area (Å²) < 4.78 is 46.7. The van der Waals surface area contributed by atoms with Crippen LogP contribution < -0.4 is 20.1 Å². The normalized spacial score (nSPS) is 14.2. The number of ether oxygens (including phenoxy) is 2. The molecule has 2 aromatic rings. The van der Waals surface area contributed by atoms with E-state index in [1.807, 2.05) is 0 Å². The van der Waals surface area contributed by atoms with Crippen LogP contribution >= 0.6 is 0 Å². The Labute approximate surface area is 201 Å². The summed E-state index contributed by atoms with van der Waals surface area (Å²) in [6.07, 6.45) is -0.893. The number of benzene rings is 2. The molecule has 0 aromatic heterocycles. The minimum Gasteiger partial charge on any atom is -0.494 e. The predicted molar refractivity (Wildman–Crippen MR) is 122 cm³/mol. The number of amides is 2. The Morgan fingerprint density at radius 1 is 1.03 bits per heavy atom. The monoisotopic (exact) mass is 494 g/mol. The largest absolute Gasteiger partial charge is 0.573 e. The molecule has 3 rings (SSSR count). The van der Waals surface area contributed by atoms with Crippen molar-refractivity contribution < 1.29 is 37.3 Å². The average molecular weight is 495 g/mol. The molecular formula is C25H29F3N2O5. The van der Waals surface area contributed by atoms with Crippen LogP contribution in [0.5, 0.6) is 11.5 Å². The zero-order valence-electron chi connectivity index (χ0n) is 19.1. The third-order valence-electron chi connectivity index (χ3n) is 5.46. The highest BCUT2D eigenvalue weighted by Crippen LogP contribution is 2.32. The van der Waals surface area contributed by atoms with Crippen LogP contribution in [0.1, 0.15) is 41.6 Å². The molecule has 0 heterocycles. The van der Waals surface area contributed by atoms with E-state index in [9.17, 15) is 22.8 Å². The molecule has 0 saturated heterocycles. The number of alkyl halides is 3. The number of hydrogen-bond acceptors (Lipinski definition) is 5. The summed E-state index contributed by atoms with van der Waals surface area (Å²) in [6.45, 7) is 0.735. The van der Waals surface area contributed by atoms with Crippen LogP contribution in [0.25, 0.3) is 0 Å². The van der Waals surface area contributed by atoms with Crippen LogP contribution in [-0.4, -0.2) is 49.1 Å². The summed E-state index contributed by atoms with van der Waals surface area (Å²) in [5.41, 5.74) is 0.864. The summed E-state index contributed by atoms with van der Waals surface area (Å²) in [7, 11) is 0. The highest BCUT2D eigenvalue weighted by atomic mass is 19.4. The predicted octanol–water partition coefficient (Wildman–Crippen LogP) is 3.60. The van der Waals surface area contributed by atoms with Crippen molar-refractivity contribution >= 4 is 11.8 Å². The Kier molecular flexibility index (Phi) is 9.36. The highest BCUT2D eigenvalue weighted by molar-refractivity contribution is 5.97. The van der Waals surface area contributed by atoms with E-state index in [2.05, 4.69) is 15.4 Å². The van der Waals surface area contributed by atoms with E-state index in [1.165, 1.54) is 25.0 Å². The highest BCUT2D eigenvalue weighted by Gasteiger charge is 2.31. The van der Waals surface area contributed by atoms with Crippen molar-refractivity contribution in [3.8, 4) is 11.5 Å². The molecule has 1 fully saturated rings. The van der Waals surface area contributed by atoms with E-state index in [0.29, 0.717) is 29.9 Å². The number of aliphatic hydroxyl groups excluding tert-OH is 1. The molecule has 35 heavy (non-hydrogen) atoms. The van der Waals surface area contributed by atoms with Crippen LogP contribution in [0, 0.1) is 5.92 Å². The number of hydrogen-bond donors (Lipinski definition) is 3. The fourth-order valence-corrected chi connectivity index (χ4v) is 3.38. The Hall–Kier alpha value is -3.27. The molecule has 1 atom stereocenters. The van der Waals surface area contributed by atoms with Gasteiger partial charge in [-0.25, -0.2) is 0 Å². The molecule has 0 aliphatic heterocycles. The topological polar surface area (TPSA) is 96.9 Å². The van der Waals surface area contributed by atoms with Gasteiger partial charge < -0.3 is 25.2 Å². The molecule has 0 radical (unpaired) electrons. The van der Waals surface area contributed by atoms with Crippen LogP contribution in [0.4, 0.5) is 13.2 Å². The molecule has 190 valence electrons. The van der Waals surface area contributed by atoms with Gasteiger partial charge in [-0.05, 0) is 60.7 Å². The summed E-state index contributed by atoms with van der Waals surface area (Å²) >= 11 is 0. The van der Waals surface area contributed by atoms with Crippen molar-refractivity contribution in [3.05, 3.63) is 59.7 Å². The van der Waals surface area contributed by atoms with Crippen molar-refractivity contribution in [1.29, 1.82) is 0 Å². The quantitative estimate of drug-likeness (QED) is 0.370. The number of halogens is 3. The van der Waals surface area contributed by atoms with Gasteiger partial charge in [-0.1, -0.05) is 25.0 Å². The van der Waals surface area contributed by atoms with E-state index in [1.54, 1.807) is 24.3 Å². The van der Waals surface area contributed by atoms with Gasteiger partial charge in [0, 0.05) is 25.1 Å². The van der Waals surface area contributed by atoms with Gasteiger partial charge >= 0.3 is 6.36 Å². The first-order valence-electron chi connectivity index (χ1n) is 11.5. The maximum absolute atomic E-state index is 12.8. The minimum atomic E-state index is -4.80. The van der Waals surface area contributed by atoms with E-state index >= 15 is 0 Å². The summed E-state index contributed by atoms with van der Waals surface area (Å²) in [4.78, 5) is 25.5. The molecule has 1 aliphatic rings. The Bertz CT molecular complexity index is 961. The number of carbonyl (C=O) groups excluding carboxylic acids is 2. The number of carbonyl (C=O) groups is 2. The smallest absolute Gasteiger partial charge is 0.494 e. The van der Waals surface area contributed by atoms with Crippen molar-refractivity contribution in [2.45, 2.75) is 44.5 Å². The van der Waals surface area contributed by atoms with Crippen LogP contribution in [-0.2, 0) is 11.2 Å². The maximum atomic E-state index is 12.8. The second kappa shape index (κ2) is 12.4. The molecule has 2 aromatic carbocycles. The number of rotatable bonds is 13. The first-order valence-corrected chi connectivity index (χ1v) is 11.5. The third kappa shape index (κ3) is 9.48. The maximum Gasteiger partial charge on any atom is 0.573 e. The molecule has 1 unspecified atom stereocenters. The zero-order valence-corrected chi connectivity index (χ0v) is 19.1. The van der Waals surface area contributed by atoms with Gasteiger partial charge in [0.05, 0.1) is 6.61 Å². The summed E-state index contributed by atoms with van der Waals surface area (Å²) in [6, 6.07) is 10.7. The van der Waals surface area contributed by atoms with Crippen molar-refractivity contribution in [1.82, 2.24) is 10.6 Å². The average Bonchev–Trinajstić information content (AvgIpc) is 3.64. The Morgan fingerprint density at radius 2 is 1.69 bits per heavy atom. The molecular weight excluding hydrogens is 465 g/mol. The second-order valence-corrected chi connectivity index (χ2v) is 8.40. The van der Waals surface area contributed by atoms with Crippen molar-refractivity contribution in [2.75, 3.05) is 19.8 Å². The molecule has 1 aliphatic carbocycles. The van der Waals surface area contributed by atoms with Crippen molar-refractivity contribution in [2.24, 2.45) is 5.92 Å². The number of nitrogens with one attached hydrogen (secondary N) is 2. The summed E-state index contributed by atoms with van der Waals surface area (Å²) in [5, 5.41) is 14.3. The lowest BCUT2D eigenvalue weighted by atomic mass is 10.0. The molecule has 0 bridgehead atoms. The Balaban J connectivity index is 1.62. The Morgan fingerprint density at radius 3 is 2.29 bits per heavy atom. The van der Waals surface area contributed by atoms with Gasteiger partial charge in [-0.2, -0.15) is 0 Å². The van der Waals surface area contributed by atoms with Crippen molar-refractivity contribution in [3.63, 3.8) is 0 Å². The van der Waals surface area contributed by atoms with Gasteiger partial charge in [0.15, 0.2) is 0 Å². The van der Waals surface area contributed by atoms with Gasteiger partial charge in [-0.3, -0.25) is 9.59 Å². The fraction of sp³-hybridized carbons (Fsp3) is 0.440. The lowest BCUT2D eigenvalue weighted by molar-refractivity contribution is -0.274. The fourth-order valence-electron chi connectivity index (χ4n) is 3.38. The molecule has 0 spiro atoms. The first kappa shape index (κ1) is 26.3. The number of aliphatic hydroxyl groups is 1. The SMILES string of the molecule is O=C(NC(Cc1ccc(OC(F)(F)F)cc1)C(=O)NCCCO)c1ccc(OCCC2CC2)cc1. The van der Waals surface area contributed by atoms with Gasteiger partial charge in [0.25, 0.3) is 5.91 Å². The van der Waals surface area contributed by atoms with Gasteiger partial charge in [0.2, 0.25) is 5.91 Å². The molecule has 7 nitrogen and oxygen atoms in total. The second-order valence-electron chi connectivity index (χ2n) is 8.40. The van der Waals surface area contributed by atoms with Gasteiger partial charge in [-0.15, -0.1) is 13.2 Å². The lowest BCUT2D eigenvalue weighted by Crippen LogP contribution is -2.48. The first-order chi connectivity index (χ1) is 16.7. The molecule has 10 heteroatoms. The van der Waals surface area contributed by atoms with E-state index in [0.717, 1.165) is 24.5 Å². The third-order valence-corrected chi connectivity index (χ3v) is 5.46. The van der Waals surface area contributed by atoms with E-state index < -0.39 is 24.2 Å². The lowest BCUT2D eigenvalue weighted by Gasteiger charge is -2.19.